The minimum Gasteiger partial charge on any atom is -0.236 e. The molecule has 0 saturated carbocycles. The van der Waals surface area contributed by atoms with E-state index in [0.29, 0.717) is 5.52 Å². The van der Waals surface area contributed by atoms with Gasteiger partial charge in [0.15, 0.2) is 0 Å². The van der Waals surface area contributed by atoms with Crippen LogP contribution in [-0.4, -0.2) is 9.97 Å². The molecule has 0 saturated heterocycles. The van der Waals surface area contributed by atoms with Crippen molar-refractivity contribution in [1.29, 1.82) is 0 Å². The summed E-state index contributed by atoms with van der Waals surface area (Å²) in [6, 6.07) is 14.4. The Hall–Kier alpha value is -2.29. The molecular weight excluding hydrogens is 215 g/mol. The summed E-state index contributed by atoms with van der Waals surface area (Å²) >= 11 is 0. The summed E-state index contributed by atoms with van der Waals surface area (Å²) in [5.41, 5.74) is 2.46. The standard InChI is InChI=1S/C14H9FN2/c15-11-6-7-12-13(8-11)16-9-17-14(12)10-4-2-1-3-5-10/h1-9H. The maximum atomic E-state index is 13.1. The molecule has 0 spiro atoms. The van der Waals surface area contributed by atoms with Crippen LogP contribution in [0, 0.1) is 5.82 Å². The summed E-state index contributed by atoms with van der Waals surface area (Å²) in [5.74, 6) is -0.282. The molecule has 0 amide bonds. The lowest BCUT2D eigenvalue weighted by atomic mass is 10.1. The average Bonchev–Trinajstić information content (AvgIpc) is 2.39. The first-order valence-corrected chi connectivity index (χ1v) is 5.30. The van der Waals surface area contributed by atoms with Crippen LogP contribution in [0.2, 0.25) is 0 Å². The largest absolute Gasteiger partial charge is 0.236 e. The van der Waals surface area contributed by atoms with E-state index in [9.17, 15) is 4.39 Å². The maximum Gasteiger partial charge on any atom is 0.125 e. The zero-order valence-corrected chi connectivity index (χ0v) is 8.97. The molecule has 0 aliphatic carbocycles. The Kier molecular flexibility index (Phi) is 2.29. The van der Waals surface area contributed by atoms with E-state index in [-0.39, 0.29) is 5.82 Å². The fourth-order valence-electron chi connectivity index (χ4n) is 1.86. The third-order valence-electron chi connectivity index (χ3n) is 2.65. The van der Waals surface area contributed by atoms with Crippen LogP contribution in [0.15, 0.2) is 54.9 Å². The van der Waals surface area contributed by atoms with Crippen LogP contribution in [0.25, 0.3) is 22.2 Å². The minimum atomic E-state index is -0.282. The van der Waals surface area contributed by atoms with Crippen molar-refractivity contribution in [3.05, 3.63) is 60.7 Å². The van der Waals surface area contributed by atoms with E-state index in [1.165, 1.54) is 18.5 Å². The molecule has 17 heavy (non-hydrogen) atoms. The lowest BCUT2D eigenvalue weighted by molar-refractivity contribution is 0.629. The smallest absolute Gasteiger partial charge is 0.125 e. The third-order valence-corrected chi connectivity index (χ3v) is 2.65. The summed E-state index contributed by atoms with van der Waals surface area (Å²) in [7, 11) is 0. The van der Waals surface area contributed by atoms with Gasteiger partial charge in [-0.1, -0.05) is 30.3 Å². The second-order valence-electron chi connectivity index (χ2n) is 3.75. The second-order valence-corrected chi connectivity index (χ2v) is 3.75. The van der Waals surface area contributed by atoms with Crippen LogP contribution in [0.3, 0.4) is 0 Å². The Balaban J connectivity index is 2.31. The number of halogens is 1. The maximum absolute atomic E-state index is 13.1. The van der Waals surface area contributed by atoms with Crippen LogP contribution in [0.5, 0.6) is 0 Å². The van der Waals surface area contributed by atoms with Gasteiger partial charge in [0.25, 0.3) is 0 Å². The van der Waals surface area contributed by atoms with Gasteiger partial charge in [-0.2, -0.15) is 0 Å². The van der Waals surface area contributed by atoms with Gasteiger partial charge in [0, 0.05) is 17.0 Å². The van der Waals surface area contributed by atoms with E-state index in [0.717, 1.165) is 16.6 Å². The zero-order valence-electron chi connectivity index (χ0n) is 8.97. The van der Waals surface area contributed by atoms with E-state index in [1.54, 1.807) is 6.07 Å². The molecule has 0 bridgehead atoms. The second kappa shape index (κ2) is 3.94. The van der Waals surface area contributed by atoms with E-state index in [4.69, 9.17) is 0 Å². The van der Waals surface area contributed by atoms with Gasteiger partial charge < -0.3 is 0 Å². The van der Waals surface area contributed by atoms with Crippen LogP contribution in [0.1, 0.15) is 0 Å². The highest BCUT2D eigenvalue weighted by molar-refractivity contribution is 5.91. The predicted octanol–water partition coefficient (Wildman–Crippen LogP) is 3.44. The first-order valence-electron chi connectivity index (χ1n) is 5.30. The van der Waals surface area contributed by atoms with Gasteiger partial charge in [-0.3, -0.25) is 0 Å². The molecule has 0 fully saturated rings. The molecule has 2 nitrogen and oxygen atoms in total. The number of hydrogen-bond donors (Lipinski definition) is 0. The average molecular weight is 224 g/mol. The van der Waals surface area contributed by atoms with Crippen molar-refractivity contribution in [2.24, 2.45) is 0 Å². The van der Waals surface area contributed by atoms with E-state index in [1.807, 2.05) is 30.3 Å². The Labute approximate surface area is 97.8 Å². The summed E-state index contributed by atoms with van der Waals surface area (Å²) in [6.45, 7) is 0. The molecular formula is C14H9FN2. The van der Waals surface area contributed by atoms with Gasteiger partial charge >= 0.3 is 0 Å². The highest BCUT2D eigenvalue weighted by atomic mass is 19.1. The van der Waals surface area contributed by atoms with Crippen LogP contribution in [0.4, 0.5) is 4.39 Å². The van der Waals surface area contributed by atoms with E-state index < -0.39 is 0 Å². The first kappa shape index (κ1) is 9.90. The minimum absolute atomic E-state index is 0.282. The number of benzene rings is 2. The molecule has 3 heteroatoms. The molecule has 0 radical (unpaired) electrons. The SMILES string of the molecule is Fc1ccc2c(-c3ccccc3)ncnc2c1. The molecule has 82 valence electrons. The van der Waals surface area contributed by atoms with E-state index in [2.05, 4.69) is 9.97 Å². The number of nitrogens with zero attached hydrogens (tertiary/aromatic N) is 2. The lowest BCUT2D eigenvalue weighted by Gasteiger charge is -2.04. The third kappa shape index (κ3) is 1.76. The lowest BCUT2D eigenvalue weighted by Crippen LogP contribution is -1.89. The summed E-state index contributed by atoms with van der Waals surface area (Å²) in [5, 5.41) is 0.861. The van der Waals surface area contributed by atoms with Crippen LogP contribution < -0.4 is 0 Å². The molecule has 3 rings (SSSR count). The number of aromatic nitrogens is 2. The normalized spacial score (nSPS) is 10.6. The van der Waals surface area contributed by atoms with Gasteiger partial charge in [-0.05, 0) is 12.1 Å². The van der Waals surface area contributed by atoms with Gasteiger partial charge in [0.2, 0.25) is 0 Å². The summed E-state index contributed by atoms with van der Waals surface area (Å²) in [4.78, 5) is 8.35. The molecule has 3 aromatic rings. The highest BCUT2D eigenvalue weighted by Crippen LogP contribution is 2.25. The highest BCUT2D eigenvalue weighted by Gasteiger charge is 2.06. The Morgan fingerprint density at radius 1 is 0.882 bits per heavy atom. The number of rotatable bonds is 1. The number of hydrogen-bond acceptors (Lipinski definition) is 2. The quantitative estimate of drug-likeness (QED) is 0.632. The van der Waals surface area contributed by atoms with Crippen molar-refractivity contribution in [2.75, 3.05) is 0 Å². The van der Waals surface area contributed by atoms with Crippen molar-refractivity contribution in [1.82, 2.24) is 9.97 Å². The van der Waals surface area contributed by atoms with Crippen molar-refractivity contribution >= 4 is 10.9 Å². The number of fused-ring (bicyclic) bond motifs is 1. The topological polar surface area (TPSA) is 25.8 Å². The summed E-state index contributed by atoms with van der Waals surface area (Å²) in [6.07, 6.45) is 1.46. The molecule has 0 aliphatic rings. The fourth-order valence-corrected chi connectivity index (χ4v) is 1.86. The molecule has 0 unspecified atom stereocenters. The Morgan fingerprint density at radius 2 is 1.71 bits per heavy atom. The zero-order chi connectivity index (χ0) is 11.7. The van der Waals surface area contributed by atoms with Crippen molar-refractivity contribution in [3.63, 3.8) is 0 Å². The van der Waals surface area contributed by atoms with Gasteiger partial charge in [-0.15, -0.1) is 0 Å². The van der Waals surface area contributed by atoms with Gasteiger partial charge in [0.05, 0.1) is 11.2 Å². The van der Waals surface area contributed by atoms with Gasteiger partial charge in [-0.25, -0.2) is 14.4 Å². The molecule has 1 aromatic heterocycles. The summed E-state index contributed by atoms with van der Waals surface area (Å²) < 4.78 is 13.1. The molecule has 0 N–H and O–H groups in total. The first-order chi connectivity index (χ1) is 8.34. The van der Waals surface area contributed by atoms with Gasteiger partial charge in [0.1, 0.15) is 12.1 Å². The monoisotopic (exact) mass is 224 g/mol. The molecule has 0 aliphatic heterocycles. The van der Waals surface area contributed by atoms with Crippen molar-refractivity contribution < 1.29 is 4.39 Å². The Morgan fingerprint density at radius 3 is 2.53 bits per heavy atom. The predicted molar refractivity (Wildman–Crippen MR) is 64.9 cm³/mol. The van der Waals surface area contributed by atoms with E-state index >= 15 is 0 Å². The van der Waals surface area contributed by atoms with Crippen LogP contribution >= 0.6 is 0 Å². The molecule has 0 atom stereocenters. The molecule has 2 aromatic carbocycles. The van der Waals surface area contributed by atoms with Crippen molar-refractivity contribution in [3.8, 4) is 11.3 Å². The van der Waals surface area contributed by atoms with Crippen molar-refractivity contribution in [2.45, 2.75) is 0 Å². The fraction of sp³-hybridized carbons (Fsp3) is 0. The molecule has 1 heterocycles. The van der Waals surface area contributed by atoms with Crippen LogP contribution in [-0.2, 0) is 0 Å². The Bertz CT molecular complexity index is 665.